The molecule has 26 heavy (non-hydrogen) atoms. The molecular formula is C18H24N2O5S. The van der Waals surface area contributed by atoms with Gasteiger partial charge in [-0.05, 0) is 26.0 Å². The Balaban J connectivity index is 1.85. The van der Waals surface area contributed by atoms with E-state index in [0.717, 1.165) is 5.56 Å². The fourth-order valence-electron chi connectivity index (χ4n) is 3.73. The summed E-state index contributed by atoms with van der Waals surface area (Å²) >= 11 is 0. The number of hydrogen-bond donors (Lipinski definition) is 0. The molecule has 0 spiro atoms. The molecule has 2 aliphatic rings. The van der Waals surface area contributed by atoms with Crippen LogP contribution in [0.15, 0.2) is 24.3 Å². The second-order valence-electron chi connectivity index (χ2n) is 6.80. The van der Waals surface area contributed by atoms with Gasteiger partial charge < -0.3 is 14.5 Å². The molecular weight excluding hydrogens is 356 g/mol. The number of rotatable bonds is 4. The zero-order chi connectivity index (χ0) is 18.9. The fraction of sp³-hybridized carbons (Fsp3) is 0.556. The van der Waals surface area contributed by atoms with Crippen molar-refractivity contribution in [2.45, 2.75) is 25.9 Å². The number of nitrogens with zero attached hydrogens (tertiary/aromatic N) is 2. The standard InChI is InChI=1S/C18H24N2O5S/c1-3-25-10-17(21)19-7-8-20(16-12-26(23,24)11-15(16)19)18(22)14-6-4-5-13(2)9-14/h4-6,9,15-16H,3,7-8,10-12H2,1-2H3/t15-,16+/m0/s1. The number of hydrogen-bond acceptors (Lipinski definition) is 5. The lowest BCUT2D eigenvalue weighted by Crippen LogP contribution is -2.62. The molecule has 2 heterocycles. The zero-order valence-corrected chi connectivity index (χ0v) is 15.9. The van der Waals surface area contributed by atoms with Gasteiger partial charge in [-0.15, -0.1) is 0 Å². The molecule has 2 atom stereocenters. The lowest BCUT2D eigenvalue weighted by atomic mass is 10.0. The quantitative estimate of drug-likeness (QED) is 0.759. The highest BCUT2D eigenvalue weighted by Gasteiger charge is 2.49. The molecule has 0 saturated carbocycles. The number of sulfone groups is 1. The Morgan fingerprint density at radius 2 is 1.81 bits per heavy atom. The predicted octanol–water partition coefficient (Wildman–Crippen LogP) is 0.482. The van der Waals surface area contributed by atoms with E-state index in [9.17, 15) is 18.0 Å². The summed E-state index contributed by atoms with van der Waals surface area (Å²) in [5.41, 5.74) is 1.51. The highest BCUT2D eigenvalue weighted by molar-refractivity contribution is 7.91. The Morgan fingerprint density at radius 3 is 2.46 bits per heavy atom. The molecule has 2 fully saturated rings. The third kappa shape index (κ3) is 3.76. The van der Waals surface area contributed by atoms with Crippen LogP contribution in [0.3, 0.4) is 0 Å². The van der Waals surface area contributed by atoms with Crippen LogP contribution in [0.4, 0.5) is 0 Å². The van der Waals surface area contributed by atoms with Crippen LogP contribution in [0.1, 0.15) is 22.8 Å². The van der Waals surface area contributed by atoms with E-state index in [2.05, 4.69) is 0 Å². The number of piperazine rings is 1. The largest absolute Gasteiger partial charge is 0.372 e. The van der Waals surface area contributed by atoms with E-state index in [1.165, 1.54) is 0 Å². The van der Waals surface area contributed by atoms with E-state index in [-0.39, 0.29) is 29.9 Å². The predicted molar refractivity (Wildman–Crippen MR) is 96.7 cm³/mol. The smallest absolute Gasteiger partial charge is 0.254 e. The van der Waals surface area contributed by atoms with Crippen molar-refractivity contribution in [3.8, 4) is 0 Å². The maximum absolute atomic E-state index is 13.0. The van der Waals surface area contributed by atoms with Gasteiger partial charge in [-0.3, -0.25) is 9.59 Å². The maximum Gasteiger partial charge on any atom is 0.254 e. The summed E-state index contributed by atoms with van der Waals surface area (Å²) in [7, 11) is -3.30. The number of benzene rings is 1. The number of carbonyl (C=O) groups is 2. The Morgan fingerprint density at radius 1 is 1.15 bits per heavy atom. The van der Waals surface area contributed by atoms with Crippen LogP contribution in [0, 0.1) is 6.92 Å². The first-order chi connectivity index (χ1) is 12.3. The third-order valence-electron chi connectivity index (χ3n) is 4.95. The van der Waals surface area contributed by atoms with E-state index < -0.39 is 21.9 Å². The molecule has 2 amide bonds. The van der Waals surface area contributed by atoms with Gasteiger partial charge in [-0.2, -0.15) is 0 Å². The van der Waals surface area contributed by atoms with Crippen molar-refractivity contribution in [3.63, 3.8) is 0 Å². The molecule has 142 valence electrons. The number of ether oxygens (including phenoxy) is 1. The molecule has 0 bridgehead atoms. The highest BCUT2D eigenvalue weighted by atomic mass is 32.2. The minimum absolute atomic E-state index is 0.0639. The van der Waals surface area contributed by atoms with Crippen molar-refractivity contribution < 1.29 is 22.7 Å². The van der Waals surface area contributed by atoms with Gasteiger partial charge in [0, 0.05) is 25.3 Å². The third-order valence-corrected chi connectivity index (χ3v) is 6.65. The fourth-order valence-corrected chi connectivity index (χ4v) is 5.71. The number of amides is 2. The molecule has 0 N–H and O–H groups in total. The molecule has 0 radical (unpaired) electrons. The van der Waals surface area contributed by atoms with Gasteiger partial charge in [0.2, 0.25) is 5.91 Å². The van der Waals surface area contributed by atoms with Crippen LogP contribution in [0.5, 0.6) is 0 Å². The highest BCUT2D eigenvalue weighted by Crippen LogP contribution is 2.28. The summed E-state index contributed by atoms with van der Waals surface area (Å²) in [6.45, 7) is 4.70. The van der Waals surface area contributed by atoms with Crippen LogP contribution >= 0.6 is 0 Å². The molecule has 7 nitrogen and oxygen atoms in total. The van der Waals surface area contributed by atoms with Gasteiger partial charge in [-0.25, -0.2) is 8.42 Å². The summed E-state index contributed by atoms with van der Waals surface area (Å²) < 4.78 is 29.6. The van der Waals surface area contributed by atoms with Crippen molar-refractivity contribution in [3.05, 3.63) is 35.4 Å². The molecule has 1 aromatic carbocycles. The van der Waals surface area contributed by atoms with Gasteiger partial charge in [0.05, 0.1) is 23.6 Å². The van der Waals surface area contributed by atoms with Crippen molar-refractivity contribution in [1.29, 1.82) is 0 Å². The van der Waals surface area contributed by atoms with Crippen LogP contribution in [-0.4, -0.2) is 79.9 Å². The molecule has 1 aromatic rings. The molecule has 0 aliphatic carbocycles. The number of carbonyl (C=O) groups excluding carboxylic acids is 2. The van der Waals surface area contributed by atoms with Crippen molar-refractivity contribution >= 4 is 21.7 Å². The minimum atomic E-state index is -3.30. The van der Waals surface area contributed by atoms with Crippen LogP contribution in [0.2, 0.25) is 0 Å². The first-order valence-electron chi connectivity index (χ1n) is 8.77. The minimum Gasteiger partial charge on any atom is -0.372 e. The summed E-state index contributed by atoms with van der Waals surface area (Å²) in [5, 5.41) is 0. The van der Waals surface area contributed by atoms with Crippen molar-refractivity contribution in [2.75, 3.05) is 37.8 Å². The Hall–Kier alpha value is -1.93. The van der Waals surface area contributed by atoms with Gasteiger partial charge in [0.1, 0.15) is 6.61 Å². The monoisotopic (exact) mass is 380 g/mol. The van der Waals surface area contributed by atoms with Crippen LogP contribution in [0.25, 0.3) is 0 Å². The van der Waals surface area contributed by atoms with E-state index in [1.54, 1.807) is 28.9 Å². The summed E-state index contributed by atoms with van der Waals surface area (Å²) in [6.07, 6.45) is 0. The summed E-state index contributed by atoms with van der Waals surface area (Å²) in [5.74, 6) is -0.611. The van der Waals surface area contributed by atoms with Crippen molar-refractivity contribution in [2.24, 2.45) is 0 Å². The second kappa shape index (κ2) is 7.36. The molecule has 2 aliphatic heterocycles. The Labute approximate surface area is 153 Å². The van der Waals surface area contributed by atoms with Gasteiger partial charge in [-0.1, -0.05) is 17.7 Å². The molecule has 8 heteroatoms. The van der Waals surface area contributed by atoms with E-state index in [1.807, 2.05) is 19.1 Å². The first-order valence-corrected chi connectivity index (χ1v) is 10.6. The lowest BCUT2D eigenvalue weighted by molar-refractivity contribution is -0.141. The Bertz CT molecular complexity index is 808. The SMILES string of the molecule is CCOCC(=O)N1CCN(C(=O)c2cccc(C)c2)[C@@H]2CS(=O)(=O)C[C@@H]21. The molecule has 0 aromatic heterocycles. The van der Waals surface area contributed by atoms with E-state index >= 15 is 0 Å². The molecule has 3 rings (SSSR count). The summed E-state index contributed by atoms with van der Waals surface area (Å²) in [6, 6.07) is 6.24. The van der Waals surface area contributed by atoms with Gasteiger partial charge >= 0.3 is 0 Å². The van der Waals surface area contributed by atoms with E-state index in [0.29, 0.717) is 25.3 Å². The topological polar surface area (TPSA) is 84.0 Å². The average Bonchev–Trinajstić information content (AvgIpc) is 2.93. The zero-order valence-electron chi connectivity index (χ0n) is 15.1. The Kier molecular flexibility index (Phi) is 5.34. The second-order valence-corrected chi connectivity index (χ2v) is 8.96. The number of aryl methyl sites for hydroxylation is 1. The normalized spacial score (nSPS) is 24.4. The number of fused-ring (bicyclic) bond motifs is 1. The molecule has 2 saturated heterocycles. The maximum atomic E-state index is 13.0. The lowest BCUT2D eigenvalue weighted by Gasteiger charge is -2.43. The van der Waals surface area contributed by atoms with Crippen LogP contribution < -0.4 is 0 Å². The van der Waals surface area contributed by atoms with Crippen LogP contribution in [-0.2, 0) is 19.4 Å². The van der Waals surface area contributed by atoms with Gasteiger partial charge in [0.15, 0.2) is 9.84 Å². The molecule has 0 unspecified atom stereocenters. The van der Waals surface area contributed by atoms with Crippen molar-refractivity contribution in [1.82, 2.24) is 9.80 Å². The average molecular weight is 380 g/mol. The van der Waals surface area contributed by atoms with Gasteiger partial charge in [0.25, 0.3) is 5.91 Å². The summed E-state index contributed by atoms with van der Waals surface area (Å²) in [4.78, 5) is 28.6. The van der Waals surface area contributed by atoms with E-state index in [4.69, 9.17) is 4.74 Å². The first kappa shape index (κ1) is 18.8.